The summed E-state index contributed by atoms with van der Waals surface area (Å²) in [5, 5.41) is 0. The van der Waals surface area contributed by atoms with E-state index in [2.05, 4.69) is 26.7 Å². The van der Waals surface area contributed by atoms with Crippen molar-refractivity contribution in [2.75, 3.05) is 6.26 Å². The van der Waals surface area contributed by atoms with E-state index in [1.54, 1.807) is 10.8 Å². The lowest BCUT2D eigenvalue weighted by Gasteiger charge is -2.15. The van der Waals surface area contributed by atoms with Gasteiger partial charge in [-0.1, -0.05) is 27.7 Å². The largest absolute Gasteiger partial charge is 0.102 e. The molecule has 0 heterocycles. The molecule has 0 bridgehead atoms. The zero-order valence-corrected chi connectivity index (χ0v) is 7.23. The zero-order valence-electron chi connectivity index (χ0n) is 5.60. The van der Waals surface area contributed by atoms with Crippen LogP contribution in [0.4, 0.5) is 0 Å². The molecule has 48 valence electrons. The first-order valence-electron chi connectivity index (χ1n) is 2.48. The van der Waals surface area contributed by atoms with Crippen LogP contribution in [0.25, 0.3) is 0 Å². The molecule has 0 aliphatic heterocycles. The first kappa shape index (κ1) is 8.44. The van der Waals surface area contributed by atoms with Crippen molar-refractivity contribution in [2.45, 2.75) is 18.6 Å². The molecule has 0 rings (SSSR count). The second-order valence-corrected chi connectivity index (χ2v) is 5.11. The summed E-state index contributed by atoms with van der Waals surface area (Å²) in [6.07, 6.45) is 4.05. The van der Waals surface area contributed by atoms with Gasteiger partial charge < -0.3 is 0 Å². The van der Waals surface area contributed by atoms with E-state index in [4.69, 9.17) is 0 Å². The third-order valence-corrected chi connectivity index (χ3v) is 3.34. The standard InChI is InChI=1S/C6H12S2/c1-5-6(2,3)8-7-4/h5H,1H2,2-4H3. The van der Waals surface area contributed by atoms with Crippen LogP contribution >= 0.6 is 21.6 Å². The summed E-state index contributed by atoms with van der Waals surface area (Å²) in [5.74, 6) is 0. The van der Waals surface area contributed by atoms with Crippen molar-refractivity contribution in [1.29, 1.82) is 0 Å². The van der Waals surface area contributed by atoms with Crippen LogP contribution in [0.3, 0.4) is 0 Å². The number of hydrogen-bond donors (Lipinski definition) is 0. The average Bonchev–Trinajstić information content (AvgIpc) is 1.67. The average molecular weight is 148 g/mol. The predicted octanol–water partition coefficient (Wildman–Crippen LogP) is 2.96. The molecule has 0 aliphatic rings. The van der Waals surface area contributed by atoms with Gasteiger partial charge >= 0.3 is 0 Å². The first-order chi connectivity index (χ1) is 3.62. The summed E-state index contributed by atoms with van der Waals surface area (Å²) in [7, 11) is 3.61. The Balaban J connectivity index is 3.53. The van der Waals surface area contributed by atoms with Crippen LogP contribution in [0.2, 0.25) is 0 Å². The summed E-state index contributed by atoms with van der Waals surface area (Å²) in [6, 6.07) is 0. The summed E-state index contributed by atoms with van der Waals surface area (Å²) >= 11 is 0. The Hall–Kier alpha value is 0.440. The monoisotopic (exact) mass is 148 g/mol. The van der Waals surface area contributed by atoms with Crippen molar-refractivity contribution in [3.8, 4) is 0 Å². The van der Waals surface area contributed by atoms with Crippen LogP contribution in [0.5, 0.6) is 0 Å². The van der Waals surface area contributed by atoms with Crippen LogP contribution in [0.15, 0.2) is 12.7 Å². The van der Waals surface area contributed by atoms with Gasteiger partial charge in [-0.15, -0.1) is 6.58 Å². The molecule has 0 nitrogen and oxygen atoms in total. The first-order valence-corrected chi connectivity index (χ1v) is 5.03. The van der Waals surface area contributed by atoms with Crippen molar-refractivity contribution in [3.63, 3.8) is 0 Å². The molecule has 0 aliphatic carbocycles. The fourth-order valence-electron chi connectivity index (χ4n) is 0.249. The Morgan fingerprint density at radius 2 is 2.00 bits per heavy atom. The highest BCUT2D eigenvalue weighted by atomic mass is 33.1. The Morgan fingerprint density at radius 3 is 2.12 bits per heavy atom. The van der Waals surface area contributed by atoms with Gasteiger partial charge in [-0.2, -0.15) is 0 Å². The predicted molar refractivity (Wildman–Crippen MR) is 45.4 cm³/mol. The van der Waals surface area contributed by atoms with E-state index in [0.29, 0.717) is 0 Å². The molecule has 2 heteroatoms. The summed E-state index contributed by atoms with van der Waals surface area (Å²) in [6.45, 7) is 8.02. The highest BCUT2D eigenvalue weighted by molar-refractivity contribution is 8.77. The number of rotatable bonds is 3. The smallest absolute Gasteiger partial charge is 0.0383 e. The van der Waals surface area contributed by atoms with Gasteiger partial charge in [0.25, 0.3) is 0 Å². The molecule has 0 spiro atoms. The van der Waals surface area contributed by atoms with E-state index in [1.807, 2.05) is 16.9 Å². The molecular formula is C6H12S2. The van der Waals surface area contributed by atoms with Crippen LogP contribution in [-0.2, 0) is 0 Å². The fourth-order valence-corrected chi connectivity index (χ4v) is 2.24. The lowest BCUT2D eigenvalue weighted by molar-refractivity contribution is 0.910. The van der Waals surface area contributed by atoms with E-state index >= 15 is 0 Å². The highest BCUT2D eigenvalue weighted by Gasteiger charge is 2.11. The van der Waals surface area contributed by atoms with Gasteiger partial charge in [0.2, 0.25) is 0 Å². The maximum absolute atomic E-state index is 3.72. The van der Waals surface area contributed by atoms with Crippen LogP contribution in [0, 0.1) is 0 Å². The second-order valence-electron chi connectivity index (χ2n) is 2.06. The van der Waals surface area contributed by atoms with Gasteiger partial charge in [0.05, 0.1) is 0 Å². The molecule has 0 unspecified atom stereocenters. The molecular weight excluding hydrogens is 136 g/mol. The molecule has 0 amide bonds. The SMILES string of the molecule is C=CC(C)(C)SSC. The van der Waals surface area contributed by atoms with Crippen LogP contribution < -0.4 is 0 Å². The van der Waals surface area contributed by atoms with Crippen molar-refractivity contribution in [3.05, 3.63) is 12.7 Å². The van der Waals surface area contributed by atoms with Gasteiger partial charge in [0.15, 0.2) is 0 Å². The van der Waals surface area contributed by atoms with Crippen molar-refractivity contribution < 1.29 is 0 Å². The Kier molecular flexibility index (Phi) is 3.65. The highest BCUT2D eigenvalue weighted by Crippen LogP contribution is 2.33. The third-order valence-electron chi connectivity index (χ3n) is 0.790. The molecule has 0 saturated carbocycles. The van der Waals surface area contributed by atoms with Gasteiger partial charge in [-0.05, 0) is 20.1 Å². The normalized spacial score (nSPS) is 11.4. The molecule has 0 radical (unpaired) electrons. The minimum Gasteiger partial charge on any atom is -0.102 e. The minimum absolute atomic E-state index is 0.236. The van der Waals surface area contributed by atoms with Crippen LogP contribution in [-0.4, -0.2) is 11.0 Å². The molecule has 0 aromatic heterocycles. The molecule has 0 atom stereocenters. The Bertz CT molecular complexity index is 76.6. The maximum atomic E-state index is 3.72. The summed E-state index contributed by atoms with van der Waals surface area (Å²) in [5.41, 5.74) is 0. The molecule has 0 fully saturated rings. The second kappa shape index (κ2) is 3.46. The zero-order chi connectivity index (χ0) is 6.62. The van der Waals surface area contributed by atoms with E-state index < -0.39 is 0 Å². The maximum Gasteiger partial charge on any atom is 0.0383 e. The van der Waals surface area contributed by atoms with Crippen molar-refractivity contribution >= 4 is 21.6 Å². The molecule has 0 saturated heterocycles. The fraction of sp³-hybridized carbons (Fsp3) is 0.667. The van der Waals surface area contributed by atoms with Gasteiger partial charge in [0, 0.05) is 4.75 Å². The van der Waals surface area contributed by atoms with Gasteiger partial charge in [-0.25, -0.2) is 0 Å². The summed E-state index contributed by atoms with van der Waals surface area (Å²) < 4.78 is 0.236. The molecule has 0 N–H and O–H groups in total. The van der Waals surface area contributed by atoms with E-state index in [9.17, 15) is 0 Å². The quantitative estimate of drug-likeness (QED) is 0.446. The van der Waals surface area contributed by atoms with E-state index in [0.717, 1.165) is 0 Å². The van der Waals surface area contributed by atoms with Crippen molar-refractivity contribution in [2.24, 2.45) is 0 Å². The third kappa shape index (κ3) is 3.44. The van der Waals surface area contributed by atoms with Crippen LogP contribution in [0.1, 0.15) is 13.8 Å². The Morgan fingerprint density at radius 1 is 1.50 bits per heavy atom. The van der Waals surface area contributed by atoms with E-state index in [-0.39, 0.29) is 4.75 Å². The molecule has 0 aromatic carbocycles. The van der Waals surface area contributed by atoms with Crippen molar-refractivity contribution in [1.82, 2.24) is 0 Å². The van der Waals surface area contributed by atoms with E-state index in [1.165, 1.54) is 0 Å². The number of hydrogen-bond acceptors (Lipinski definition) is 2. The topological polar surface area (TPSA) is 0 Å². The summed E-state index contributed by atoms with van der Waals surface area (Å²) in [4.78, 5) is 0. The minimum atomic E-state index is 0.236. The molecule has 0 aromatic rings. The Labute approximate surface area is 59.5 Å². The lowest BCUT2D eigenvalue weighted by atomic mass is 10.2. The van der Waals surface area contributed by atoms with Gasteiger partial charge in [0.1, 0.15) is 0 Å². The lowest BCUT2D eigenvalue weighted by Crippen LogP contribution is -2.06. The molecule has 8 heavy (non-hydrogen) atoms. The van der Waals surface area contributed by atoms with Gasteiger partial charge in [-0.3, -0.25) is 0 Å².